The van der Waals surface area contributed by atoms with Crippen LogP contribution in [0.1, 0.15) is 47.5 Å². The Morgan fingerprint density at radius 1 is 1.12 bits per heavy atom. The number of aromatic nitrogens is 3. The number of anilines is 1. The molecule has 10 heteroatoms. The predicted octanol–water partition coefficient (Wildman–Crippen LogP) is 6.06. The van der Waals surface area contributed by atoms with Gasteiger partial charge in [0.05, 0.1) is 20.7 Å². The highest BCUT2D eigenvalue weighted by molar-refractivity contribution is 8.01. The number of carbonyl (C=O) groups excluding carboxylic acids is 1. The van der Waals surface area contributed by atoms with Gasteiger partial charge in [0, 0.05) is 29.4 Å². The summed E-state index contributed by atoms with van der Waals surface area (Å²) in [6.07, 6.45) is 8.20. The number of nitro groups is 1. The minimum atomic E-state index is -0.518. The standard InChI is InChI=1S/C23H19N5O3S2/c29-21(27-22-24-12-15(13-25-22)14-5-1-2-6-14)17-11-16(28(30)31)9-10-19(17)32-23-26-18-7-3-4-8-20(18)33-23/h3-4,7-14H,1-2,5-6H2,(H,24,25,27,29). The van der Waals surface area contributed by atoms with E-state index < -0.39 is 10.8 Å². The van der Waals surface area contributed by atoms with Crippen LogP contribution < -0.4 is 5.32 Å². The van der Waals surface area contributed by atoms with Gasteiger partial charge >= 0.3 is 0 Å². The van der Waals surface area contributed by atoms with Crippen molar-refractivity contribution in [2.24, 2.45) is 0 Å². The highest BCUT2D eigenvalue weighted by Gasteiger charge is 2.21. The molecule has 1 fully saturated rings. The molecule has 1 saturated carbocycles. The number of rotatable bonds is 6. The molecule has 5 rings (SSSR count). The summed E-state index contributed by atoms with van der Waals surface area (Å²) in [5.41, 5.74) is 1.96. The SMILES string of the molecule is O=C(Nc1ncc(C2CCCC2)cn1)c1cc([N+](=O)[O-])ccc1Sc1nc2ccccc2s1. The van der Waals surface area contributed by atoms with E-state index in [1.807, 2.05) is 24.3 Å². The first-order valence-corrected chi connectivity index (χ1v) is 12.2. The molecule has 33 heavy (non-hydrogen) atoms. The van der Waals surface area contributed by atoms with Gasteiger partial charge in [-0.3, -0.25) is 20.2 Å². The summed E-state index contributed by atoms with van der Waals surface area (Å²) >= 11 is 2.80. The van der Waals surface area contributed by atoms with Gasteiger partial charge in [-0.2, -0.15) is 0 Å². The lowest BCUT2D eigenvalue weighted by Gasteiger charge is -2.10. The van der Waals surface area contributed by atoms with Crippen molar-refractivity contribution >= 4 is 50.9 Å². The number of nitro benzene ring substituents is 1. The molecule has 1 amide bonds. The number of hydrogen-bond donors (Lipinski definition) is 1. The van der Waals surface area contributed by atoms with Gasteiger partial charge in [0.1, 0.15) is 0 Å². The number of nitrogens with zero attached hydrogens (tertiary/aromatic N) is 4. The van der Waals surface area contributed by atoms with Crippen molar-refractivity contribution < 1.29 is 9.72 Å². The van der Waals surface area contributed by atoms with Gasteiger partial charge in [0.2, 0.25) is 5.95 Å². The van der Waals surface area contributed by atoms with E-state index in [1.165, 1.54) is 48.1 Å². The largest absolute Gasteiger partial charge is 0.290 e. The fourth-order valence-corrected chi connectivity index (χ4v) is 6.06. The van der Waals surface area contributed by atoms with Crippen LogP contribution in [0.2, 0.25) is 0 Å². The Morgan fingerprint density at radius 3 is 2.61 bits per heavy atom. The van der Waals surface area contributed by atoms with Crippen molar-refractivity contribution in [1.82, 2.24) is 15.0 Å². The second kappa shape index (κ2) is 9.24. The highest BCUT2D eigenvalue weighted by Crippen LogP contribution is 2.37. The number of nitrogens with one attached hydrogen (secondary N) is 1. The maximum atomic E-state index is 13.1. The summed E-state index contributed by atoms with van der Waals surface area (Å²) in [7, 11) is 0. The molecule has 0 radical (unpaired) electrons. The first kappa shape index (κ1) is 21.5. The molecule has 2 aromatic carbocycles. The van der Waals surface area contributed by atoms with Crippen LogP contribution in [0.3, 0.4) is 0 Å². The summed E-state index contributed by atoms with van der Waals surface area (Å²) in [6, 6.07) is 12.0. The van der Waals surface area contributed by atoms with Gasteiger partial charge in [-0.15, -0.1) is 11.3 Å². The molecular formula is C23H19N5O3S2. The molecule has 1 aliphatic carbocycles. The lowest BCUT2D eigenvalue weighted by atomic mass is 10.0. The van der Waals surface area contributed by atoms with Crippen molar-refractivity contribution in [2.75, 3.05) is 5.32 Å². The van der Waals surface area contributed by atoms with Crippen LogP contribution in [0.25, 0.3) is 10.2 Å². The number of amides is 1. The zero-order valence-corrected chi connectivity index (χ0v) is 19.1. The molecule has 0 bridgehead atoms. The molecule has 166 valence electrons. The molecule has 0 atom stereocenters. The minimum absolute atomic E-state index is 0.161. The van der Waals surface area contributed by atoms with Crippen LogP contribution in [0, 0.1) is 10.1 Å². The van der Waals surface area contributed by atoms with Crippen molar-refractivity contribution in [3.05, 3.63) is 76.1 Å². The van der Waals surface area contributed by atoms with Gasteiger partial charge in [-0.1, -0.05) is 36.7 Å². The van der Waals surface area contributed by atoms with E-state index in [-0.39, 0.29) is 17.2 Å². The molecule has 2 heterocycles. The summed E-state index contributed by atoms with van der Waals surface area (Å²) in [6.45, 7) is 0. The van der Waals surface area contributed by atoms with Gasteiger partial charge < -0.3 is 0 Å². The third-order valence-electron chi connectivity index (χ3n) is 5.61. The first-order chi connectivity index (χ1) is 16.1. The number of thiazole rings is 1. The predicted molar refractivity (Wildman–Crippen MR) is 128 cm³/mol. The Balaban J connectivity index is 1.40. The normalized spacial score (nSPS) is 13.9. The van der Waals surface area contributed by atoms with E-state index in [1.54, 1.807) is 18.5 Å². The molecule has 0 saturated heterocycles. The van der Waals surface area contributed by atoms with Crippen LogP contribution in [0.5, 0.6) is 0 Å². The van der Waals surface area contributed by atoms with Crippen LogP contribution in [-0.4, -0.2) is 25.8 Å². The van der Waals surface area contributed by atoms with E-state index in [4.69, 9.17) is 0 Å². The van der Waals surface area contributed by atoms with Crippen LogP contribution in [0.15, 0.2) is 64.1 Å². The quantitative estimate of drug-likeness (QED) is 0.265. The second-order valence-electron chi connectivity index (χ2n) is 7.76. The Kier molecular flexibility index (Phi) is 6.01. The number of fused-ring (bicyclic) bond motifs is 1. The molecule has 0 aliphatic heterocycles. The monoisotopic (exact) mass is 477 g/mol. The smallest absolute Gasteiger partial charge is 0.270 e. The zero-order chi connectivity index (χ0) is 22.8. The fourth-order valence-electron chi connectivity index (χ4n) is 3.93. The average molecular weight is 478 g/mol. The van der Waals surface area contributed by atoms with Crippen LogP contribution >= 0.6 is 23.1 Å². The molecule has 2 aromatic heterocycles. The summed E-state index contributed by atoms with van der Waals surface area (Å²) < 4.78 is 1.78. The maximum Gasteiger partial charge on any atom is 0.270 e. The fraction of sp³-hybridized carbons (Fsp3) is 0.217. The minimum Gasteiger partial charge on any atom is -0.290 e. The topological polar surface area (TPSA) is 111 Å². The molecule has 0 spiro atoms. The Bertz CT molecular complexity index is 1300. The van der Waals surface area contributed by atoms with Crippen molar-refractivity contribution in [3.8, 4) is 0 Å². The van der Waals surface area contributed by atoms with E-state index in [9.17, 15) is 14.9 Å². The number of carbonyl (C=O) groups is 1. The van der Waals surface area contributed by atoms with Crippen LogP contribution in [0.4, 0.5) is 11.6 Å². The Morgan fingerprint density at radius 2 is 1.88 bits per heavy atom. The summed E-state index contributed by atoms with van der Waals surface area (Å²) in [4.78, 5) is 37.6. The van der Waals surface area contributed by atoms with Gasteiger partial charge in [0.15, 0.2) is 4.34 Å². The number of non-ortho nitro benzene ring substituents is 1. The summed E-state index contributed by atoms with van der Waals surface area (Å²) in [5, 5.41) is 14.0. The van der Waals surface area contributed by atoms with E-state index in [0.29, 0.717) is 10.8 Å². The van der Waals surface area contributed by atoms with Crippen molar-refractivity contribution in [2.45, 2.75) is 40.8 Å². The van der Waals surface area contributed by atoms with Crippen molar-refractivity contribution in [1.29, 1.82) is 0 Å². The molecule has 0 unspecified atom stereocenters. The van der Waals surface area contributed by atoms with E-state index >= 15 is 0 Å². The van der Waals surface area contributed by atoms with E-state index in [2.05, 4.69) is 20.3 Å². The maximum absolute atomic E-state index is 13.1. The number of hydrogen-bond acceptors (Lipinski definition) is 8. The molecule has 1 aliphatic rings. The van der Waals surface area contributed by atoms with Crippen LogP contribution in [-0.2, 0) is 0 Å². The van der Waals surface area contributed by atoms with Gasteiger partial charge in [-0.25, -0.2) is 15.0 Å². The molecular weight excluding hydrogens is 458 g/mol. The molecule has 1 N–H and O–H groups in total. The third kappa shape index (κ3) is 4.71. The second-order valence-corrected chi connectivity index (χ2v) is 10.1. The van der Waals surface area contributed by atoms with Gasteiger partial charge in [0.25, 0.3) is 11.6 Å². The highest BCUT2D eigenvalue weighted by atomic mass is 32.2. The Labute approximate surface area is 197 Å². The molecule has 4 aromatic rings. The van der Waals surface area contributed by atoms with Crippen molar-refractivity contribution in [3.63, 3.8) is 0 Å². The zero-order valence-electron chi connectivity index (χ0n) is 17.4. The third-order valence-corrected chi connectivity index (χ3v) is 7.79. The summed E-state index contributed by atoms with van der Waals surface area (Å²) in [5.74, 6) is 0.142. The lowest BCUT2D eigenvalue weighted by Crippen LogP contribution is -2.15. The molecule has 8 nitrogen and oxygen atoms in total. The number of benzene rings is 2. The number of para-hydroxylation sites is 1. The Hall–Kier alpha value is -3.37. The average Bonchev–Trinajstić information content (AvgIpc) is 3.49. The van der Waals surface area contributed by atoms with E-state index in [0.717, 1.165) is 33.0 Å². The lowest BCUT2D eigenvalue weighted by molar-refractivity contribution is -0.384. The van der Waals surface area contributed by atoms with Gasteiger partial charge in [-0.05, 0) is 42.5 Å². The first-order valence-electron chi connectivity index (χ1n) is 10.5.